The van der Waals surface area contributed by atoms with Crippen LogP contribution in [0.4, 0.5) is 11.4 Å². The van der Waals surface area contributed by atoms with Gasteiger partial charge in [0.25, 0.3) is 0 Å². The number of carbonyl (C=O) groups is 2. The van der Waals surface area contributed by atoms with E-state index in [2.05, 4.69) is 15.3 Å². The van der Waals surface area contributed by atoms with Crippen molar-refractivity contribution in [3.8, 4) is 0 Å². The molecule has 0 aliphatic heterocycles. The highest BCUT2D eigenvalue weighted by atomic mass is 16.1. The molecule has 3 aromatic rings. The largest absolute Gasteiger partial charge is 0.355 e. The highest BCUT2D eigenvalue weighted by Crippen LogP contribution is 2.23. The van der Waals surface area contributed by atoms with Crippen molar-refractivity contribution in [1.29, 1.82) is 0 Å². The Hall–Kier alpha value is -3.34. The number of pyridine rings is 2. The van der Waals surface area contributed by atoms with Crippen molar-refractivity contribution in [2.24, 2.45) is 0 Å². The normalized spacial score (nSPS) is 10.5. The summed E-state index contributed by atoms with van der Waals surface area (Å²) in [6, 6.07) is 15.1. The minimum Gasteiger partial charge on any atom is -0.355 e. The zero-order valence-electron chi connectivity index (χ0n) is 15.9. The van der Waals surface area contributed by atoms with Gasteiger partial charge in [0.2, 0.25) is 0 Å². The number of hydrogen-bond donors (Lipinski definition) is 1. The highest BCUT2D eigenvalue weighted by Gasteiger charge is 2.15. The molecule has 0 bridgehead atoms. The molecule has 0 radical (unpaired) electrons. The van der Waals surface area contributed by atoms with Gasteiger partial charge in [-0.15, -0.1) is 0 Å². The molecular weight excluding hydrogens is 350 g/mol. The minimum atomic E-state index is -0.0506. The van der Waals surface area contributed by atoms with Crippen LogP contribution in [0.25, 0.3) is 0 Å². The van der Waals surface area contributed by atoms with Crippen LogP contribution in [0.5, 0.6) is 0 Å². The first-order chi connectivity index (χ1) is 13.7. The number of hydrogen-bond acceptors (Lipinski definition) is 5. The lowest BCUT2D eigenvalue weighted by Crippen LogP contribution is -2.11. The Labute approximate surface area is 164 Å². The molecule has 1 N–H and O–H groups in total. The molecule has 0 unspecified atom stereocenters. The highest BCUT2D eigenvalue weighted by molar-refractivity contribution is 6.02. The molecule has 0 aliphatic carbocycles. The molecule has 2 heterocycles. The number of nitrogens with zero attached hydrogens (tertiary/aromatic N) is 2. The zero-order valence-corrected chi connectivity index (χ0v) is 15.9. The molecule has 142 valence electrons. The molecule has 0 spiro atoms. The number of ketones is 2. The number of Topliss-reactive ketones (excluding diaryl/α,β-unsaturated/α-hetero) is 2. The van der Waals surface area contributed by atoms with Crippen LogP contribution in [-0.2, 0) is 17.6 Å². The maximum atomic E-state index is 12.9. The summed E-state index contributed by atoms with van der Waals surface area (Å²) in [6.07, 6.45) is 6.80. The summed E-state index contributed by atoms with van der Waals surface area (Å²) in [5.41, 5.74) is 3.54. The van der Waals surface area contributed by atoms with Crippen LogP contribution >= 0.6 is 0 Å². The van der Waals surface area contributed by atoms with Gasteiger partial charge in [-0.25, -0.2) is 0 Å². The minimum absolute atomic E-state index is 0.0506. The Kier molecular flexibility index (Phi) is 6.63. The predicted molar refractivity (Wildman–Crippen MR) is 110 cm³/mol. The number of benzene rings is 1. The van der Waals surface area contributed by atoms with E-state index in [4.69, 9.17) is 0 Å². The lowest BCUT2D eigenvalue weighted by molar-refractivity contribution is -0.118. The topological polar surface area (TPSA) is 72.0 Å². The molecule has 0 aliphatic rings. The van der Waals surface area contributed by atoms with Crippen LogP contribution in [0.2, 0.25) is 0 Å². The SMILES string of the molecule is CCCC(=O)Cc1cc(Nc2ccccc2)c(C(=O)Cc2cccnc2)cn1. The second kappa shape index (κ2) is 9.55. The van der Waals surface area contributed by atoms with Crippen molar-refractivity contribution >= 4 is 22.9 Å². The van der Waals surface area contributed by atoms with E-state index in [1.54, 1.807) is 24.7 Å². The summed E-state index contributed by atoms with van der Waals surface area (Å²) in [5, 5.41) is 3.30. The predicted octanol–water partition coefficient (Wildman–Crippen LogP) is 4.56. The molecule has 0 fully saturated rings. The van der Waals surface area contributed by atoms with Gasteiger partial charge < -0.3 is 5.32 Å². The van der Waals surface area contributed by atoms with Gasteiger partial charge in [0.05, 0.1) is 11.3 Å². The van der Waals surface area contributed by atoms with Crippen LogP contribution in [0.3, 0.4) is 0 Å². The first-order valence-electron chi connectivity index (χ1n) is 9.40. The van der Waals surface area contributed by atoms with E-state index >= 15 is 0 Å². The standard InChI is InChI=1S/C23H23N3O2/c1-2-7-20(27)13-19-14-22(26-18-9-4-3-5-10-18)21(16-25-19)23(28)12-17-8-6-11-24-15-17/h3-6,8-11,14-16H,2,7,12-13H2,1H3,(H,25,26). The Bertz CT molecular complexity index is 941. The van der Waals surface area contributed by atoms with Gasteiger partial charge in [0, 0.05) is 49.2 Å². The Morgan fingerprint density at radius 3 is 2.54 bits per heavy atom. The van der Waals surface area contributed by atoms with E-state index in [0.29, 0.717) is 23.4 Å². The van der Waals surface area contributed by atoms with Gasteiger partial charge in [0.1, 0.15) is 5.78 Å². The fourth-order valence-electron chi connectivity index (χ4n) is 2.95. The monoisotopic (exact) mass is 373 g/mol. The fraction of sp³-hybridized carbons (Fsp3) is 0.217. The average Bonchev–Trinajstić information content (AvgIpc) is 2.70. The molecule has 0 saturated heterocycles. The van der Waals surface area contributed by atoms with Crippen LogP contribution in [0, 0.1) is 0 Å². The van der Waals surface area contributed by atoms with E-state index in [1.165, 1.54) is 0 Å². The maximum Gasteiger partial charge on any atom is 0.170 e. The third kappa shape index (κ3) is 5.33. The van der Waals surface area contributed by atoms with Crippen molar-refractivity contribution < 1.29 is 9.59 Å². The molecule has 28 heavy (non-hydrogen) atoms. The molecular formula is C23H23N3O2. The lowest BCUT2D eigenvalue weighted by atomic mass is 10.0. The molecule has 1 aromatic carbocycles. The van der Waals surface area contributed by atoms with Gasteiger partial charge >= 0.3 is 0 Å². The Morgan fingerprint density at radius 1 is 1.00 bits per heavy atom. The van der Waals surface area contributed by atoms with Crippen molar-refractivity contribution in [2.75, 3.05) is 5.32 Å². The number of nitrogens with one attached hydrogen (secondary N) is 1. The Morgan fingerprint density at radius 2 is 1.82 bits per heavy atom. The Balaban J connectivity index is 1.88. The molecule has 2 aromatic heterocycles. The summed E-state index contributed by atoms with van der Waals surface area (Å²) in [6.45, 7) is 1.98. The average molecular weight is 373 g/mol. The molecule has 3 rings (SSSR count). The van der Waals surface area contributed by atoms with E-state index < -0.39 is 0 Å². The summed E-state index contributed by atoms with van der Waals surface area (Å²) in [5.74, 6) is 0.0977. The second-order valence-electron chi connectivity index (χ2n) is 6.64. The molecule has 0 atom stereocenters. The van der Waals surface area contributed by atoms with Crippen LogP contribution in [-0.4, -0.2) is 21.5 Å². The third-order valence-electron chi connectivity index (χ3n) is 4.31. The van der Waals surface area contributed by atoms with Gasteiger partial charge in [-0.2, -0.15) is 0 Å². The molecule has 0 saturated carbocycles. The van der Waals surface area contributed by atoms with Crippen LogP contribution < -0.4 is 5.32 Å². The molecule has 5 heteroatoms. The zero-order chi connectivity index (χ0) is 19.8. The molecule has 5 nitrogen and oxygen atoms in total. The van der Waals surface area contributed by atoms with Crippen molar-refractivity contribution in [1.82, 2.24) is 9.97 Å². The summed E-state index contributed by atoms with van der Waals surface area (Å²) >= 11 is 0. The van der Waals surface area contributed by atoms with Crippen LogP contribution in [0.15, 0.2) is 67.1 Å². The molecule has 0 amide bonds. The summed E-state index contributed by atoms with van der Waals surface area (Å²) in [4.78, 5) is 33.3. The second-order valence-corrected chi connectivity index (χ2v) is 6.64. The number of rotatable bonds is 9. The third-order valence-corrected chi connectivity index (χ3v) is 4.31. The van der Waals surface area contributed by atoms with Crippen LogP contribution in [0.1, 0.15) is 41.4 Å². The van der Waals surface area contributed by atoms with E-state index in [0.717, 1.165) is 17.7 Å². The summed E-state index contributed by atoms with van der Waals surface area (Å²) < 4.78 is 0. The number of aromatic nitrogens is 2. The van der Waals surface area contributed by atoms with Gasteiger partial charge in [-0.1, -0.05) is 31.2 Å². The number of carbonyl (C=O) groups excluding carboxylic acids is 2. The number of anilines is 2. The fourth-order valence-corrected chi connectivity index (χ4v) is 2.95. The van der Waals surface area contributed by atoms with Crippen molar-refractivity contribution in [3.05, 3.63) is 83.9 Å². The lowest BCUT2D eigenvalue weighted by Gasteiger charge is -2.13. The maximum absolute atomic E-state index is 12.9. The van der Waals surface area contributed by atoms with Crippen molar-refractivity contribution in [2.45, 2.75) is 32.6 Å². The quantitative estimate of drug-likeness (QED) is 0.557. The summed E-state index contributed by atoms with van der Waals surface area (Å²) in [7, 11) is 0. The van der Waals surface area contributed by atoms with Crippen molar-refractivity contribution in [3.63, 3.8) is 0 Å². The smallest absolute Gasteiger partial charge is 0.170 e. The van der Waals surface area contributed by atoms with Gasteiger partial charge in [-0.3, -0.25) is 19.6 Å². The van der Waals surface area contributed by atoms with E-state index in [-0.39, 0.29) is 24.4 Å². The van der Waals surface area contributed by atoms with E-state index in [1.807, 2.05) is 49.4 Å². The first kappa shape index (κ1) is 19.4. The first-order valence-corrected chi connectivity index (χ1v) is 9.40. The van der Waals surface area contributed by atoms with Gasteiger partial charge in [0.15, 0.2) is 5.78 Å². The van der Waals surface area contributed by atoms with E-state index in [9.17, 15) is 9.59 Å². The van der Waals surface area contributed by atoms with Gasteiger partial charge in [-0.05, 0) is 36.2 Å². The number of para-hydroxylation sites is 1.